The van der Waals surface area contributed by atoms with Crippen LogP contribution >= 0.6 is 0 Å². The molecule has 86 valence electrons. The van der Waals surface area contributed by atoms with Crippen LogP contribution in [0.15, 0.2) is 22.8 Å². The average Bonchev–Trinajstić information content (AvgIpc) is 2.62. The van der Waals surface area contributed by atoms with Gasteiger partial charge in [0.15, 0.2) is 0 Å². The van der Waals surface area contributed by atoms with Crippen LogP contribution in [-0.2, 0) is 11.3 Å². The summed E-state index contributed by atoms with van der Waals surface area (Å²) in [4.78, 5) is 5.48. The Labute approximate surface area is 91.8 Å². The highest BCUT2D eigenvalue weighted by molar-refractivity contribution is 4.98. The summed E-state index contributed by atoms with van der Waals surface area (Å²) in [5, 5.41) is 0. The molecule has 0 saturated carbocycles. The molecule has 0 amide bonds. The van der Waals surface area contributed by atoms with Crippen molar-refractivity contribution in [2.45, 2.75) is 52.2 Å². The number of aryl methyl sites for hydroxylation is 1. The van der Waals surface area contributed by atoms with Gasteiger partial charge in [-0.2, -0.15) is 5.48 Å². The van der Waals surface area contributed by atoms with E-state index in [1.165, 1.54) is 0 Å². The first-order valence-corrected chi connectivity index (χ1v) is 5.43. The number of furan rings is 1. The second-order valence-electron chi connectivity index (χ2n) is 4.85. The van der Waals surface area contributed by atoms with Crippen molar-refractivity contribution in [2.24, 2.45) is 0 Å². The van der Waals surface area contributed by atoms with Gasteiger partial charge in [-0.05, 0) is 46.2 Å². The zero-order valence-electron chi connectivity index (χ0n) is 10.0. The van der Waals surface area contributed by atoms with Gasteiger partial charge >= 0.3 is 0 Å². The molecular weight excluding hydrogens is 190 g/mol. The molecule has 1 atom stereocenters. The van der Waals surface area contributed by atoms with Gasteiger partial charge < -0.3 is 4.42 Å². The molecule has 1 aromatic rings. The molecule has 0 bridgehead atoms. The first kappa shape index (κ1) is 12.3. The Bertz CT molecular complexity index is 262. The van der Waals surface area contributed by atoms with Crippen molar-refractivity contribution in [3.63, 3.8) is 0 Å². The van der Waals surface area contributed by atoms with Gasteiger partial charge in [-0.15, -0.1) is 0 Å². The van der Waals surface area contributed by atoms with E-state index in [0.717, 1.165) is 18.6 Å². The van der Waals surface area contributed by atoms with Crippen LogP contribution in [0.1, 0.15) is 39.9 Å². The molecule has 1 heterocycles. The molecule has 1 aromatic heterocycles. The highest BCUT2D eigenvalue weighted by Gasteiger charge is 2.12. The van der Waals surface area contributed by atoms with E-state index in [0.29, 0.717) is 6.04 Å². The van der Waals surface area contributed by atoms with E-state index in [1.54, 1.807) is 6.26 Å². The van der Waals surface area contributed by atoms with Crippen LogP contribution in [0.4, 0.5) is 0 Å². The number of hydrogen-bond acceptors (Lipinski definition) is 3. The first-order valence-electron chi connectivity index (χ1n) is 5.43. The maximum absolute atomic E-state index is 5.48. The monoisotopic (exact) mass is 211 g/mol. The molecule has 0 aliphatic rings. The molecule has 1 N–H and O–H groups in total. The second-order valence-corrected chi connectivity index (χ2v) is 4.85. The van der Waals surface area contributed by atoms with Gasteiger partial charge in [-0.25, -0.2) is 0 Å². The average molecular weight is 211 g/mol. The van der Waals surface area contributed by atoms with Crippen LogP contribution in [0.25, 0.3) is 0 Å². The van der Waals surface area contributed by atoms with Crippen molar-refractivity contribution in [1.82, 2.24) is 5.48 Å². The molecule has 3 heteroatoms. The predicted molar refractivity (Wildman–Crippen MR) is 60.5 cm³/mol. The van der Waals surface area contributed by atoms with Gasteiger partial charge in [-0.3, -0.25) is 4.84 Å². The molecule has 3 nitrogen and oxygen atoms in total. The predicted octanol–water partition coefficient (Wildman–Crippen LogP) is 2.92. The number of rotatable bonds is 5. The van der Waals surface area contributed by atoms with Gasteiger partial charge in [0.1, 0.15) is 5.76 Å². The van der Waals surface area contributed by atoms with Gasteiger partial charge in [-0.1, -0.05) is 0 Å². The van der Waals surface area contributed by atoms with Gasteiger partial charge in [0.2, 0.25) is 0 Å². The minimum atomic E-state index is -0.140. The van der Waals surface area contributed by atoms with Crippen LogP contribution in [-0.4, -0.2) is 11.6 Å². The summed E-state index contributed by atoms with van der Waals surface area (Å²) in [6.07, 6.45) is 3.65. The molecular formula is C12H21NO2. The molecule has 15 heavy (non-hydrogen) atoms. The maximum Gasteiger partial charge on any atom is 0.103 e. The molecule has 0 aliphatic carbocycles. The van der Waals surface area contributed by atoms with Crippen LogP contribution in [0.2, 0.25) is 0 Å². The van der Waals surface area contributed by atoms with E-state index in [2.05, 4.69) is 12.4 Å². The minimum Gasteiger partial charge on any atom is -0.469 e. The summed E-state index contributed by atoms with van der Waals surface area (Å²) in [5.41, 5.74) is 2.90. The van der Waals surface area contributed by atoms with Crippen molar-refractivity contribution >= 4 is 0 Å². The molecule has 0 spiro atoms. The fourth-order valence-electron chi connectivity index (χ4n) is 1.15. The fraction of sp³-hybridized carbons (Fsp3) is 0.667. The number of hydroxylamine groups is 1. The highest BCUT2D eigenvalue weighted by atomic mass is 16.7. The second kappa shape index (κ2) is 5.33. The molecule has 0 aliphatic heterocycles. The lowest BCUT2D eigenvalue weighted by Crippen LogP contribution is -2.35. The Morgan fingerprint density at radius 1 is 1.47 bits per heavy atom. The topological polar surface area (TPSA) is 34.4 Å². The Balaban J connectivity index is 2.16. The quantitative estimate of drug-likeness (QED) is 0.760. The largest absolute Gasteiger partial charge is 0.469 e. The van der Waals surface area contributed by atoms with Crippen molar-refractivity contribution in [3.05, 3.63) is 24.2 Å². The molecule has 1 unspecified atom stereocenters. The van der Waals surface area contributed by atoms with Gasteiger partial charge in [0, 0.05) is 12.5 Å². The van der Waals surface area contributed by atoms with Gasteiger partial charge in [0.05, 0.1) is 11.9 Å². The summed E-state index contributed by atoms with van der Waals surface area (Å²) >= 11 is 0. The molecule has 0 saturated heterocycles. The molecule has 0 radical (unpaired) electrons. The molecule has 1 rings (SSSR count). The summed E-state index contributed by atoms with van der Waals surface area (Å²) in [6.45, 7) is 8.19. The van der Waals surface area contributed by atoms with Crippen molar-refractivity contribution in [2.75, 3.05) is 0 Å². The van der Waals surface area contributed by atoms with Crippen molar-refractivity contribution in [3.8, 4) is 0 Å². The zero-order chi connectivity index (χ0) is 11.3. The smallest absolute Gasteiger partial charge is 0.103 e. The number of hydrogen-bond donors (Lipinski definition) is 1. The zero-order valence-corrected chi connectivity index (χ0v) is 10.0. The summed E-state index contributed by atoms with van der Waals surface area (Å²) < 4.78 is 5.26. The van der Waals surface area contributed by atoms with Crippen molar-refractivity contribution < 1.29 is 9.25 Å². The van der Waals surface area contributed by atoms with Crippen LogP contribution < -0.4 is 5.48 Å². The third kappa shape index (κ3) is 5.60. The highest BCUT2D eigenvalue weighted by Crippen LogP contribution is 2.08. The summed E-state index contributed by atoms with van der Waals surface area (Å²) in [7, 11) is 0. The Morgan fingerprint density at radius 2 is 2.20 bits per heavy atom. The Morgan fingerprint density at radius 3 is 2.73 bits per heavy atom. The van der Waals surface area contributed by atoms with Gasteiger partial charge in [0.25, 0.3) is 0 Å². The number of nitrogens with one attached hydrogen (secondary N) is 1. The lowest BCUT2D eigenvalue weighted by Gasteiger charge is -2.22. The first-order chi connectivity index (χ1) is 6.97. The minimum absolute atomic E-state index is 0.140. The van der Waals surface area contributed by atoms with E-state index in [9.17, 15) is 0 Å². The van der Waals surface area contributed by atoms with E-state index < -0.39 is 0 Å². The maximum atomic E-state index is 5.48. The summed E-state index contributed by atoms with van der Waals surface area (Å²) in [6, 6.07) is 4.24. The fourth-order valence-corrected chi connectivity index (χ4v) is 1.15. The normalized spacial score (nSPS) is 14.1. The van der Waals surface area contributed by atoms with E-state index in [4.69, 9.17) is 9.25 Å². The molecule has 0 fully saturated rings. The lowest BCUT2D eigenvalue weighted by atomic mass is 10.1. The third-order valence-corrected chi connectivity index (χ3v) is 1.97. The van der Waals surface area contributed by atoms with E-state index in [-0.39, 0.29) is 5.60 Å². The Hall–Kier alpha value is -0.800. The van der Waals surface area contributed by atoms with Crippen molar-refractivity contribution in [1.29, 1.82) is 0 Å². The standard InChI is InChI=1S/C12H21NO2/c1-10(13-15-12(2,3)4)7-8-11-6-5-9-14-11/h5-6,9-10,13H,7-8H2,1-4H3. The molecule has 0 aromatic carbocycles. The van der Waals surface area contributed by atoms with Crippen LogP contribution in [0, 0.1) is 0 Å². The van der Waals surface area contributed by atoms with E-state index >= 15 is 0 Å². The third-order valence-electron chi connectivity index (χ3n) is 1.97. The van der Waals surface area contributed by atoms with Crippen LogP contribution in [0.5, 0.6) is 0 Å². The lowest BCUT2D eigenvalue weighted by molar-refractivity contribution is -0.0868. The summed E-state index contributed by atoms with van der Waals surface area (Å²) in [5.74, 6) is 1.03. The van der Waals surface area contributed by atoms with Crippen LogP contribution in [0.3, 0.4) is 0 Å². The SMILES string of the molecule is CC(CCc1ccco1)NOC(C)(C)C. The Kier molecular flexibility index (Phi) is 4.36. The van der Waals surface area contributed by atoms with E-state index in [1.807, 2.05) is 32.9 Å².